The number of benzene rings is 1. The Morgan fingerprint density at radius 3 is 2.71 bits per heavy atom. The lowest BCUT2D eigenvalue weighted by Crippen LogP contribution is -2.18. The Balaban J connectivity index is 2.08. The van der Waals surface area contributed by atoms with Crippen molar-refractivity contribution in [1.29, 1.82) is 0 Å². The predicted octanol–water partition coefficient (Wildman–Crippen LogP) is 1.98. The molecular weight excluding hydrogens is 288 g/mol. The van der Waals surface area contributed by atoms with Crippen molar-refractivity contribution in [2.45, 2.75) is 31.3 Å². The van der Waals surface area contributed by atoms with E-state index in [0.29, 0.717) is 12.6 Å². The SMILES string of the molecule is CNS(=O)(=O)c1cccc(NCc2cnn(C(C)C)c2)c1. The largest absolute Gasteiger partial charge is 0.381 e. The molecule has 0 atom stereocenters. The quantitative estimate of drug-likeness (QED) is 0.855. The highest BCUT2D eigenvalue weighted by atomic mass is 32.2. The molecule has 0 bridgehead atoms. The Labute approximate surface area is 125 Å². The van der Waals surface area contributed by atoms with Gasteiger partial charge in [-0.05, 0) is 39.1 Å². The molecule has 0 aliphatic carbocycles. The van der Waals surface area contributed by atoms with Gasteiger partial charge in [-0.1, -0.05) is 6.07 Å². The third kappa shape index (κ3) is 3.83. The van der Waals surface area contributed by atoms with Crippen LogP contribution in [0.1, 0.15) is 25.5 Å². The van der Waals surface area contributed by atoms with Crippen LogP contribution in [0.25, 0.3) is 0 Å². The Morgan fingerprint density at radius 1 is 1.33 bits per heavy atom. The van der Waals surface area contributed by atoms with Gasteiger partial charge in [0.15, 0.2) is 0 Å². The molecule has 7 heteroatoms. The molecule has 2 N–H and O–H groups in total. The zero-order valence-corrected chi connectivity index (χ0v) is 13.2. The van der Waals surface area contributed by atoms with Crippen LogP contribution in [0.3, 0.4) is 0 Å². The highest BCUT2D eigenvalue weighted by Crippen LogP contribution is 2.16. The maximum Gasteiger partial charge on any atom is 0.240 e. The summed E-state index contributed by atoms with van der Waals surface area (Å²) in [6.45, 7) is 4.72. The van der Waals surface area contributed by atoms with Gasteiger partial charge in [0, 0.05) is 30.0 Å². The van der Waals surface area contributed by atoms with E-state index in [-0.39, 0.29) is 4.90 Å². The summed E-state index contributed by atoms with van der Waals surface area (Å²) < 4.78 is 27.7. The molecule has 1 heterocycles. The summed E-state index contributed by atoms with van der Waals surface area (Å²) in [6.07, 6.45) is 3.78. The van der Waals surface area contributed by atoms with Crippen molar-refractivity contribution in [1.82, 2.24) is 14.5 Å². The van der Waals surface area contributed by atoms with Crippen LogP contribution in [0, 0.1) is 0 Å². The summed E-state index contributed by atoms with van der Waals surface area (Å²) in [5, 5.41) is 7.47. The lowest BCUT2D eigenvalue weighted by Gasteiger charge is -2.08. The second kappa shape index (κ2) is 6.28. The van der Waals surface area contributed by atoms with Gasteiger partial charge in [-0.3, -0.25) is 4.68 Å². The summed E-state index contributed by atoms with van der Waals surface area (Å²) in [5.74, 6) is 0. The number of anilines is 1. The molecule has 0 unspecified atom stereocenters. The molecule has 1 aromatic heterocycles. The minimum atomic E-state index is -3.42. The molecule has 0 fully saturated rings. The number of sulfonamides is 1. The molecule has 0 aliphatic rings. The topological polar surface area (TPSA) is 76.0 Å². The first-order valence-electron chi connectivity index (χ1n) is 6.73. The second-order valence-corrected chi connectivity index (χ2v) is 6.90. The van der Waals surface area contributed by atoms with E-state index >= 15 is 0 Å². The fourth-order valence-corrected chi connectivity index (χ4v) is 2.62. The molecular formula is C14H20N4O2S. The zero-order chi connectivity index (χ0) is 15.5. The molecule has 1 aromatic carbocycles. The molecule has 0 radical (unpaired) electrons. The molecule has 0 aliphatic heterocycles. The van der Waals surface area contributed by atoms with Gasteiger partial charge in [-0.2, -0.15) is 5.10 Å². The van der Waals surface area contributed by atoms with Crippen molar-refractivity contribution in [2.24, 2.45) is 0 Å². The average molecular weight is 308 g/mol. The normalized spacial score (nSPS) is 11.8. The molecule has 6 nitrogen and oxygen atoms in total. The molecule has 0 saturated heterocycles. The third-order valence-electron chi connectivity index (χ3n) is 3.09. The van der Waals surface area contributed by atoms with Crippen LogP contribution in [0.2, 0.25) is 0 Å². The van der Waals surface area contributed by atoms with Crippen LogP contribution < -0.4 is 10.0 Å². The van der Waals surface area contributed by atoms with E-state index in [1.54, 1.807) is 24.4 Å². The Kier molecular flexibility index (Phi) is 4.64. The van der Waals surface area contributed by atoms with Crippen LogP contribution in [-0.4, -0.2) is 25.2 Å². The van der Waals surface area contributed by atoms with Gasteiger partial charge in [0.2, 0.25) is 10.0 Å². The number of hydrogen-bond acceptors (Lipinski definition) is 4. The van der Waals surface area contributed by atoms with E-state index in [1.165, 1.54) is 7.05 Å². The van der Waals surface area contributed by atoms with E-state index in [9.17, 15) is 8.42 Å². The zero-order valence-electron chi connectivity index (χ0n) is 12.4. The monoisotopic (exact) mass is 308 g/mol. The number of nitrogens with zero attached hydrogens (tertiary/aromatic N) is 2. The van der Waals surface area contributed by atoms with Crippen molar-refractivity contribution in [3.8, 4) is 0 Å². The lowest BCUT2D eigenvalue weighted by atomic mass is 10.3. The predicted molar refractivity (Wildman–Crippen MR) is 82.6 cm³/mol. The summed E-state index contributed by atoms with van der Waals surface area (Å²) in [4.78, 5) is 0.243. The van der Waals surface area contributed by atoms with Crippen LogP contribution >= 0.6 is 0 Å². The van der Waals surface area contributed by atoms with Crippen molar-refractivity contribution in [3.63, 3.8) is 0 Å². The number of rotatable bonds is 6. The van der Waals surface area contributed by atoms with E-state index in [1.807, 2.05) is 16.9 Å². The van der Waals surface area contributed by atoms with E-state index < -0.39 is 10.0 Å². The first-order valence-corrected chi connectivity index (χ1v) is 8.21. The van der Waals surface area contributed by atoms with Crippen LogP contribution in [0.4, 0.5) is 5.69 Å². The number of aromatic nitrogens is 2. The van der Waals surface area contributed by atoms with Crippen LogP contribution in [0.5, 0.6) is 0 Å². The summed E-state index contributed by atoms with van der Waals surface area (Å²) in [7, 11) is -2.02. The number of hydrogen-bond donors (Lipinski definition) is 2. The molecule has 2 aromatic rings. The first-order chi connectivity index (χ1) is 9.92. The van der Waals surface area contributed by atoms with E-state index in [4.69, 9.17) is 0 Å². The summed E-state index contributed by atoms with van der Waals surface area (Å²) in [6, 6.07) is 7.04. The Hall–Kier alpha value is -1.86. The molecule has 0 saturated carbocycles. The van der Waals surface area contributed by atoms with Gasteiger partial charge < -0.3 is 5.32 Å². The fourth-order valence-electron chi connectivity index (χ4n) is 1.85. The van der Waals surface area contributed by atoms with Gasteiger partial charge in [0.25, 0.3) is 0 Å². The van der Waals surface area contributed by atoms with Gasteiger partial charge in [-0.15, -0.1) is 0 Å². The fraction of sp³-hybridized carbons (Fsp3) is 0.357. The van der Waals surface area contributed by atoms with Gasteiger partial charge in [-0.25, -0.2) is 13.1 Å². The van der Waals surface area contributed by atoms with Gasteiger partial charge >= 0.3 is 0 Å². The summed E-state index contributed by atoms with van der Waals surface area (Å²) >= 11 is 0. The van der Waals surface area contributed by atoms with E-state index in [2.05, 4.69) is 29.0 Å². The van der Waals surface area contributed by atoms with Crippen molar-refractivity contribution < 1.29 is 8.42 Å². The average Bonchev–Trinajstić information content (AvgIpc) is 2.94. The van der Waals surface area contributed by atoms with Crippen LogP contribution in [-0.2, 0) is 16.6 Å². The van der Waals surface area contributed by atoms with Crippen LogP contribution in [0.15, 0.2) is 41.6 Å². The van der Waals surface area contributed by atoms with E-state index in [0.717, 1.165) is 11.3 Å². The standard InChI is InChI=1S/C14H20N4O2S/c1-11(2)18-10-12(9-17-18)8-16-13-5-4-6-14(7-13)21(19,20)15-3/h4-7,9-11,15-16H,8H2,1-3H3. The molecule has 0 spiro atoms. The smallest absolute Gasteiger partial charge is 0.240 e. The number of nitrogens with one attached hydrogen (secondary N) is 2. The molecule has 2 rings (SSSR count). The Bertz CT molecular complexity index is 707. The van der Waals surface area contributed by atoms with Gasteiger partial charge in [0.05, 0.1) is 11.1 Å². The molecule has 114 valence electrons. The lowest BCUT2D eigenvalue weighted by molar-refractivity contribution is 0.532. The third-order valence-corrected chi connectivity index (χ3v) is 4.51. The molecule has 0 amide bonds. The minimum absolute atomic E-state index is 0.243. The first kappa shape index (κ1) is 15.5. The highest BCUT2D eigenvalue weighted by molar-refractivity contribution is 7.89. The maximum atomic E-state index is 11.8. The van der Waals surface area contributed by atoms with Crippen molar-refractivity contribution in [3.05, 3.63) is 42.2 Å². The van der Waals surface area contributed by atoms with Crippen molar-refractivity contribution >= 4 is 15.7 Å². The van der Waals surface area contributed by atoms with Crippen molar-refractivity contribution in [2.75, 3.05) is 12.4 Å². The minimum Gasteiger partial charge on any atom is -0.381 e. The Morgan fingerprint density at radius 2 is 2.10 bits per heavy atom. The second-order valence-electron chi connectivity index (χ2n) is 5.01. The van der Waals surface area contributed by atoms with Gasteiger partial charge in [0.1, 0.15) is 0 Å². The highest BCUT2D eigenvalue weighted by Gasteiger charge is 2.11. The molecule has 21 heavy (non-hydrogen) atoms. The summed E-state index contributed by atoms with van der Waals surface area (Å²) in [5.41, 5.74) is 1.80. The maximum absolute atomic E-state index is 11.8.